The molecule has 3 unspecified atom stereocenters. The summed E-state index contributed by atoms with van der Waals surface area (Å²) in [7, 11) is 1.40. The van der Waals surface area contributed by atoms with Gasteiger partial charge in [-0.2, -0.15) is 0 Å². The zero-order chi connectivity index (χ0) is 31.1. The van der Waals surface area contributed by atoms with Gasteiger partial charge in [-0.05, 0) is 60.2 Å². The Morgan fingerprint density at radius 1 is 0.864 bits per heavy atom. The number of carbonyl (C=O) groups excluding carboxylic acids is 3. The van der Waals surface area contributed by atoms with Crippen LogP contribution < -0.4 is 19.4 Å². The van der Waals surface area contributed by atoms with Gasteiger partial charge in [-0.15, -0.1) is 0 Å². The summed E-state index contributed by atoms with van der Waals surface area (Å²) in [5, 5.41) is 13.1. The van der Waals surface area contributed by atoms with Crippen molar-refractivity contribution in [1.82, 2.24) is 0 Å². The third-order valence-corrected chi connectivity index (χ3v) is 8.07. The molecule has 0 aromatic heterocycles. The van der Waals surface area contributed by atoms with E-state index in [-0.39, 0.29) is 32.9 Å². The van der Waals surface area contributed by atoms with Crippen molar-refractivity contribution < 1.29 is 33.6 Å². The number of fused-ring (bicyclic) bond motifs is 1. The van der Waals surface area contributed by atoms with Crippen LogP contribution in [0.4, 0.5) is 17.1 Å². The number of methoxy groups -OCH3 is 1. The first-order valence-corrected chi connectivity index (χ1v) is 13.9. The van der Waals surface area contributed by atoms with E-state index in [4.69, 9.17) is 37.5 Å². The van der Waals surface area contributed by atoms with Gasteiger partial charge in [-0.3, -0.25) is 24.5 Å². The quantitative estimate of drug-likeness (QED) is 0.0770. The number of nitro groups is 1. The molecular weight excluding hydrogens is 613 g/mol. The number of benzene rings is 4. The molecule has 4 aromatic rings. The number of imide groups is 1. The van der Waals surface area contributed by atoms with Gasteiger partial charge in [0.1, 0.15) is 5.92 Å². The van der Waals surface area contributed by atoms with Gasteiger partial charge in [-0.1, -0.05) is 47.5 Å². The van der Waals surface area contributed by atoms with Crippen molar-refractivity contribution in [3.8, 4) is 11.5 Å². The van der Waals surface area contributed by atoms with Crippen LogP contribution in [0.25, 0.3) is 0 Å². The minimum Gasteiger partial charge on any atom is -0.493 e. The summed E-state index contributed by atoms with van der Waals surface area (Å²) in [4.78, 5) is 58.1. The third kappa shape index (κ3) is 5.11. The molecule has 2 aliphatic heterocycles. The van der Waals surface area contributed by atoms with E-state index in [0.29, 0.717) is 16.8 Å². The highest BCUT2D eigenvalue weighted by molar-refractivity contribution is 6.42. The molecule has 0 bridgehead atoms. The lowest BCUT2D eigenvalue weighted by Crippen LogP contribution is -2.37. The van der Waals surface area contributed by atoms with Gasteiger partial charge in [0.25, 0.3) is 11.6 Å². The molecule has 3 atom stereocenters. The summed E-state index contributed by atoms with van der Waals surface area (Å²) in [6, 6.07) is 22.2. The number of nitro benzene ring substituents is 1. The predicted octanol–water partition coefficient (Wildman–Crippen LogP) is 6.18. The van der Waals surface area contributed by atoms with Gasteiger partial charge in [0.05, 0.1) is 45.1 Å². The van der Waals surface area contributed by atoms with Crippen LogP contribution in [0.3, 0.4) is 0 Å². The van der Waals surface area contributed by atoms with Crippen molar-refractivity contribution in [3.63, 3.8) is 0 Å². The van der Waals surface area contributed by atoms with Crippen LogP contribution in [-0.2, 0) is 14.4 Å². The Kier molecular flexibility index (Phi) is 7.68. The number of hydrogen-bond donors (Lipinski definition) is 0. The van der Waals surface area contributed by atoms with E-state index in [1.54, 1.807) is 42.5 Å². The highest BCUT2D eigenvalue weighted by Gasteiger charge is 2.60. The number of rotatable bonds is 7. The van der Waals surface area contributed by atoms with Gasteiger partial charge in [0, 0.05) is 12.1 Å². The van der Waals surface area contributed by atoms with Gasteiger partial charge in [-0.25, -0.2) is 14.8 Å². The first-order chi connectivity index (χ1) is 21.2. The zero-order valence-electron chi connectivity index (χ0n) is 22.8. The highest BCUT2D eigenvalue weighted by Crippen LogP contribution is 2.49. The Labute approximate surface area is 260 Å². The Hall–Kier alpha value is -4.97. The molecule has 0 aliphatic carbocycles. The van der Waals surface area contributed by atoms with E-state index in [1.807, 2.05) is 0 Å². The number of nitrogens with zero attached hydrogens (tertiary/aromatic N) is 3. The van der Waals surface area contributed by atoms with Gasteiger partial charge < -0.3 is 9.47 Å². The van der Waals surface area contributed by atoms with Crippen LogP contribution >= 0.6 is 23.2 Å². The van der Waals surface area contributed by atoms with E-state index in [1.165, 1.54) is 60.7 Å². The second-order valence-electron chi connectivity index (χ2n) is 9.87. The van der Waals surface area contributed by atoms with E-state index in [9.17, 15) is 24.5 Å². The van der Waals surface area contributed by atoms with E-state index in [2.05, 4.69) is 0 Å². The van der Waals surface area contributed by atoms with Gasteiger partial charge in [0.2, 0.25) is 5.91 Å². The number of esters is 1. The normalized spacial score (nSPS) is 19.2. The summed E-state index contributed by atoms with van der Waals surface area (Å²) in [5.74, 6) is -2.47. The fourth-order valence-electron chi connectivity index (χ4n) is 5.26. The molecule has 0 spiro atoms. The van der Waals surface area contributed by atoms with Crippen molar-refractivity contribution in [2.75, 3.05) is 17.1 Å². The number of anilines is 2. The first-order valence-electron chi connectivity index (χ1n) is 13.2. The van der Waals surface area contributed by atoms with E-state index < -0.39 is 40.8 Å². The molecule has 0 N–H and O–H groups in total. The molecule has 2 heterocycles. The second kappa shape index (κ2) is 11.6. The third-order valence-electron chi connectivity index (χ3n) is 7.33. The van der Waals surface area contributed by atoms with Crippen molar-refractivity contribution in [1.29, 1.82) is 0 Å². The highest BCUT2D eigenvalue weighted by atomic mass is 35.5. The molecule has 0 radical (unpaired) electrons. The molecular formula is C31H21Cl2N3O8. The Bertz CT molecular complexity index is 1800. The molecule has 11 nitrogen and oxygen atoms in total. The number of hydroxylamine groups is 1. The van der Waals surface area contributed by atoms with Crippen molar-refractivity contribution >= 4 is 58.0 Å². The minimum absolute atomic E-state index is 0.133. The van der Waals surface area contributed by atoms with Crippen molar-refractivity contribution in [2.45, 2.75) is 12.1 Å². The van der Waals surface area contributed by atoms with Crippen molar-refractivity contribution in [2.24, 2.45) is 5.92 Å². The Morgan fingerprint density at radius 3 is 2.23 bits per heavy atom. The molecule has 2 amide bonds. The molecule has 2 saturated heterocycles. The summed E-state index contributed by atoms with van der Waals surface area (Å²) >= 11 is 12.2. The van der Waals surface area contributed by atoms with Crippen LogP contribution in [0, 0.1) is 16.0 Å². The molecule has 2 fully saturated rings. The standard InChI is InChI=1S/C31H21Cl2N3O8/c1-42-25-15-18(7-14-24(25)43-31(39)17-5-3-2-4-6-17)27-26-28(44-35(27)19-8-10-20(11-9-19)36(40)41)30(38)34(29(26)37)21-12-13-22(32)23(33)16-21/h2-16,26-28H,1H3. The Morgan fingerprint density at radius 2 is 1.57 bits per heavy atom. The number of amides is 2. The van der Waals surface area contributed by atoms with Gasteiger partial charge >= 0.3 is 5.97 Å². The number of ether oxygens (including phenoxy) is 2. The number of non-ortho nitro benzene ring substituents is 1. The molecule has 6 rings (SSSR count). The van der Waals surface area contributed by atoms with E-state index >= 15 is 0 Å². The lowest BCUT2D eigenvalue weighted by molar-refractivity contribution is -0.384. The molecule has 2 aliphatic rings. The maximum atomic E-state index is 14.0. The maximum absolute atomic E-state index is 14.0. The SMILES string of the molecule is COc1cc(C2C3C(=O)N(c4ccc(Cl)c(Cl)c4)C(=O)C3ON2c2ccc([N+](=O)[O-])cc2)ccc1OC(=O)c1ccccc1. The molecule has 222 valence electrons. The van der Waals surface area contributed by atoms with Crippen LogP contribution in [-0.4, -0.2) is 35.9 Å². The summed E-state index contributed by atoms with van der Waals surface area (Å²) in [5.41, 5.74) is 1.29. The summed E-state index contributed by atoms with van der Waals surface area (Å²) in [6.45, 7) is 0. The largest absolute Gasteiger partial charge is 0.493 e. The summed E-state index contributed by atoms with van der Waals surface area (Å²) < 4.78 is 11.1. The van der Waals surface area contributed by atoms with E-state index in [0.717, 1.165) is 4.90 Å². The monoisotopic (exact) mass is 633 g/mol. The average molecular weight is 634 g/mol. The van der Waals surface area contributed by atoms with Gasteiger partial charge in [0.15, 0.2) is 17.6 Å². The molecule has 44 heavy (non-hydrogen) atoms. The smallest absolute Gasteiger partial charge is 0.343 e. The Balaban J connectivity index is 1.40. The fraction of sp³-hybridized carbons (Fsp3) is 0.129. The van der Waals surface area contributed by atoms with Crippen LogP contribution in [0.15, 0.2) is 91.0 Å². The molecule has 4 aromatic carbocycles. The predicted molar refractivity (Wildman–Crippen MR) is 160 cm³/mol. The number of carbonyl (C=O) groups is 3. The first kappa shape index (κ1) is 29.1. The number of halogens is 2. The van der Waals surface area contributed by atoms with Crippen LogP contribution in [0.1, 0.15) is 22.0 Å². The lowest BCUT2D eigenvalue weighted by atomic mass is 9.90. The van der Waals surface area contributed by atoms with Crippen LogP contribution in [0.2, 0.25) is 10.0 Å². The topological polar surface area (TPSA) is 129 Å². The summed E-state index contributed by atoms with van der Waals surface area (Å²) in [6.07, 6.45) is -1.22. The maximum Gasteiger partial charge on any atom is 0.343 e. The number of hydrogen-bond acceptors (Lipinski definition) is 9. The average Bonchev–Trinajstić information content (AvgIpc) is 3.54. The molecule has 13 heteroatoms. The minimum atomic E-state index is -1.22. The fourth-order valence-corrected chi connectivity index (χ4v) is 5.55. The van der Waals surface area contributed by atoms with Crippen molar-refractivity contribution in [3.05, 3.63) is 122 Å². The lowest BCUT2D eigenvalue weighted by Gasteiger charge is -2.29. The zero-order valence-corrected chi connectivity index (χ0v) is 24.3. The second-order valence-corrected chi connectivity index (χ2v) is 10.7. The van der Waals surface area contributed by atoms with Crippen LogP contribution in [0.5, 0.6) is 11.5 Å². The molecule has 0 saturated carbocycles.